The molecule has 0 fully saturated rings. The van der Waals surface area contributed by atoms with Gasteiger partial charge >= 0.3 is 0 Å². The van der Waals surface area contributed by atoms with Crippen molar-refractivity contribution in [1.29, 1.82) is 0 Å². The summed E-state index contributed by atoms with van der Waals surface area (Å²) in [6, 6.07) is 28.0. The van der Waals surface area contributed by atoms with Gasteiger partial charge in [-0.3, -0.25) is 0 Å². The molecule has 0 aliphatic carbocycles. The minimum absolute atomic E-state index is 0.0475. The Labute approximate surface area is 345 Å². The smallest absolute Gasteiger partial charge is 0.210 e. The van der Waals surface area contributed by atoms with Crippen LogP contribution in [-0.4, -0.2) is 56.5 Å². The van der Waals surface area contributed by atoms with Crippen molar-refractivity contribution in [3.63, 3.8) is 0 Å². The molecular formula is C44H28N4O8S4. The molecule has 0 unspecified atom stereocenters. The van der Waals surface area contributed by atoms with Crippen molar-refractivity contribution in [1.82, 2.24) is 0 Å². The zero-order valence-electron chi connectivity index (χ0n) is 30.9. The van der Waals surface area contributed by atoms with E-state index in [9.17, 15) is 8.42 Å². The molecule has 5 aliphatic heterocycles. The molecule has 296 valence electrons. The molecule has 0 saturated heterocycles. The number of aliphatic imine (C=N–C) groups is 4. The van der Waals surface area contributed by atoms with Crippen molar-refractivity contribution in [2.24, 2.45) is 20.0 Å². The van der Waals surface area contributed by atoms with Gasteiger partial charge in [-0.1, -0.05) is 72.8 Å². The number of hydrogen-bond acceptors (Lipinski definition) is 12. The first-order chi connectivity index (χ1) is 28.7. The highest BCUT2D eigenvalue weighted by atomic mass is 32.2. The number of hydrogen-bond donors (Lipinski definition) is 0. The van der Waals surface area contributed by atoms with Crippen LogP contribution in [0.1, 0.15) is 0 Å². The Hall–Kier alpha value is -6.72. The number of allylic oxidation sites excluding steroid dienone is 11. The van der Waals surface area contributed by atoms with Gasteiger partial charge in [0, 0.05) is 0 Å². The molecule has 0 saturated carbocycles. The van der Waals surface area contributed by atoms with Crippen LogP contribution in [0.15, 0.2) is 252 Å². The molecule has 5 heterocycles. The summed E-state index contributed by atoms with van der Waals surface area (Å²) in [4.78, 5) is 13.7. The molecule has 4 aromatic carbocycles. The highest BCUT2D eigenvalue weighted by Gasteiger charge is 2.47. The number of nitrogens with zero attached hydrogens (tertiary/aromatic N) is 4. The third-order valence-corrected chi connectivity index (χ3v) is 17.0. The van der Waals surface area contributed by atoms with E-state index in [1.54, 1.807) is 54.6 Å². The molecule has 4 aromatic rings. The second-order valence-corrected chi connectivity index (χ2v) is 21.1. The number of benzene rings is 4. The molecule has 9 rings (SSSR count). The molecule has 0 amide bonds. The summed E-state index contributed by atoms with van der Waals surface area (Å²) in [5.41, 5.74) is -0.700. The first-order valence-corrected chi connectivity index (χ1v) is 24.0. The van der Waals surface area contributed by atoms with Crippen molar-refractivity contribution >= 4 is 62.2 Å². The predicted molar refractivity (Wildman–Crippen MR) is 229 cm³/mol. The lowest BCUT2D eigenvalue weighted by molar-refractivity contribution is 0.598. The van der Waals surface area contributed by atoms with Crippen molar-refractivity contribution in [3.05, 3.63) is 212 Å². The van der Waals surface area contributed by atoms with Gasteiger partial charge in [-0.05, 0) is 97.1 Å². The van der Waals surface area contributed by atoms with Crippen LogP contribution >= 0.6 is 0 Å². The molecule has 0 atom stereocenters. The second-order valence-electron chi connectivity index (χ2n) is 13.5. The van der Waals surface area contributed by atoms with Crippen molar-refractivity contribution < 1.29 is 33.7 Å². The Morgan fingerprint density at radius 3 is 1.22 bits per heavy atom. The van der Waals surface area contributed by atoms with E-state index in [4.69, 9.17) is 0 Å². The van der Waals surface area contributed by atoms with Gasteiger partial charge in [0.15, 0.2) is 0 Å². The van der Waals surface area contributed by atoms with Crippen LogP contribution in [0.4, 0.5) is 0 Å². The Morgan fingerprint density at radius 2 is 0.733 bits per heavy atom. The summed E-state index contributed by atoms with van der Waals surface area (Å²) >= 11 is 0. The third kappa shape index (κ3) is 6.68. The summed E-state index contributed by atoms with van der Waals surface area (Å²) in [7, 11) is -19.6. The van der Waals surface area contributed by atoms with Gasteiger partial charge in [-0.15, -0.1) is 0 Å². The van der Waals surface area contributed by atoms with Gasteiger partial charge in [0.25, 0.3) is 0 Å². The van der Waals surface area contributed by atoms with Crippen LogP contribution in [0.3, 0.4) is 0 Å². The normalized spacial score (nSPS) is 17.7. The Morgan fingerprint density at radius 1 is 0.333 bits per heavy atom. The fraction of sp³-hybridized carbons (Fsp3) is 0. The van der Waals surface area contributed by atoms with Crippen molar-refractivity contribution in [3.8, 4) is 0 Å². The molecular weight excluding hydrogens is 841 g/mol. The summed E-state index contributed by atoms with van der Waals surface area (Å²) in [5, 5.41) is 0. The Bertz CT molecular complexity index is 3410. The van der Waals surface area contributed by atoms with Crippen molar-refractivity contribution in [2.75, 3.05) is 0 Å². The minimum Gasteiger partial charge on any atom is -0.249 e. The fourth-order valence-electron chi connectivity index (χ4n) is 6.87. The SMILES string of the molecule is O=S(=O)(C1=CC2=CC3=NC(=CC4=NC(=CC5=NC(=C(S(=O)(=O)c6ccccc6)C1=N2)C(S(=O)(=O)c1ccccc1)=C5S(=O)(=O)c1ccccc1)C=C4)C=C3)c1ccccc1. The molecule has 0 radical (unpaired) electrons. The van der Waals surface area contributed by atoms with E-state index in [2.05, 4.69) is 20.0 Å². The largest absolute Gasteiger partial charge is 0.249 e. The molecule has 16 heteroatoms. The first-order valence-electron chi connectivity index (χ1n) is 18.0. The summed E-state index contributed by atoms with van der Waals surface area (Å²) in [6.45, 7) is 0. The molecule has 5 aliphatic rings. The van der Waals surface area contributed by atoms with E-state index in [0.29, 0.717) is 17.1 Å². The summed E-state index contributed by atoms with van der Waals surface area (Å²) in [5.74, 6) is 0. The van der Waals surface area contributed by atoms with Gasteiger partial charge in [-0.25, -0.2) is 53.6 Å². The lowest BCUT2D eigenvalue weighted by Crippen LogP contribution is -2.23. The number of sulfone groups is 4. The van der Waals surface area contributed by atoms with Gasteiger partial charge in [0.05, 0.1) is 53.8 Å². The van der Waals surface area contributed by atoms with E-state index in [1.807, 2.05) is 0 Å². The predicted octanol–water partition coefficient (Wildman–Crippen LogP) is 6.79. The van der Waals surface area contributed by atoms with Crippen LogP contribution in [0.2, 0.25) is 0 Å². The second kappa shape index (κ2) is 14.5. The first kappa shape index (κ1) is 38.8. The van der Waals surface area contributed by atoms with Gasteiger partial charge in [0.1, 0.15) is 31.0 Å². The Balaban J connectivity index is 1.50. The maximum atomic E-state index is 15.4. The highest BCUT2D eigenvalue weighted by Crippen LogP contribution is 2.45. The quantitative estimate of drug-likeness (QED) is 0.185. The van der Waals surface area contributed by atoms with Crippen LogP contribution in [0, 0.1) is 0 Å². The zero-order chi connectivity index (χ0) is 41.9. The lowest BCUT2D eigenvalue weighted by Gasteiger charge is -2.17. The molecule has 0 spiro atoms. The average molecular weight is 869 g/mol. The van der Waals surface area contributed by atoms with Crippen LogP contribution < -0.4 is 0 Å². The van der Waals surface area contributed by atoms with Crippen LogP contribution in [0.5, 0.6) is 0 Å². The molecule has 8 bridgehead atoms. The maximum Gasteiger partial charge on any atom is 0.210 e. The maximum absolute atomic E-state index is 15.4. The minimum atomic E-state index is -5.06. The van der Waals surface area contributed by atoms with Crippen molar-refractivity contribution in [2.45, 2.75) is 19.6 Å². The van der Waals surface area contributed by atoms with E-state index in [0.717, 1.165) is 0 Å². The molecule has 0 N–H and O–H groups in total. The monoisotopic (exact) mass is 868 g/mol. The van der Waals surface area contributed by atoms with Gasteiger partial charge < -0.3 is 0 Å². The number of fused-ring (bicyclic) bond motifs is 4. The zero-order valence-corrected chi connectivity index (χ0v) is 34.1. The standard InChI is InChI=1S/C44H28N4O8S4/c49-57(50,34-13-5-1-6-14-34)39-28-33-26-31-22-21-29(45-31)25-30-23-24-32(46-30)27-38-42(58(51,52)35-15-7-2-8-16-35)44(60(55,56)37-19-11-4-12-20-37)41(48-38)43(40(39)47-33)59(53,54)36-17-9-3-10-18-36/h1-28H. The van der Waals surface area contributed by atoms with E-state index < -0.39 is 76.1 Å². The van der Waals surface area contributed by atoms with Gasteiger partial charge in [0.2, 0.25) is 39.3 Å². The van der Waals surface area contributed by atoms with E-state index in [1.165, 1.54) is 115 Å². The molecule has 12 nitrogen and oxygen atoms in total. The fourth-order valence-corrected chi connectivity index (χ4v) is 13.6. The molecule has 60 heavy (non-hydrogen) atoms. The Kier molecular flexibility index (Phi) is 9.39. The average Bonchev–Trinajstić information content (AvgIpc) is 4.07. The lowest BCUT2D eigenvalue weighted by atomic mass is 10.2. The van der Waals surface area contributed by atoms with E-state index in [-0.39, 0.29) is 31.0 Å². The van der Waals surface area contributed by atoms with Crippen LogP contribution in [-0.2, 0) is 39.3 Å². The van der Waals surface area contributed by atoms with Gasteiger partial charge in [-0.2, -0.15) is 0 Å². The third-order valence-electron chi connectivity index (χ3n) is 9.62. The summed E-state index contributed by atoms with van der Waals surface area (Å²) < 4.78 is 121. The highest BCUT2D eigenvalue weighted by molar-refractivity contribution is 8.00. The number of rotatable bonds is 8. The topological polar surface area (TPSA) is 186 Å². The van der Waals surface area contributed by atoms with Crippen LogP contribution in [0.25, 0.3) is 0 Å². The summed E-state index contributed by atoms with van der Waals surface area (Å²) in [6.07, 6.45) is 12.1. The molecule has 0 aromatic heterocycles. The van der Waals surface area contributed by atoms with E-state index >= 15 is 25.3 Å².